The maximum atomic E-state index is 13.5. The molecular formula is C15H16F2N4O. The van der Waals surface area contributed by atoms with Gasteiger partial charge < -0.3 is 10.6 Å². The molecule has 7 heteroatoms. The highest BCUT2D eigenvalue weighted by atomic mass is 19.1. The summed E-state index contributed by atoms with van der Waals surface area (Å²) in [6, 6.07) is 4.96. The summed E-state index contributed by atoms with van der Waals surface area (Å²) in [5, 5.41) is 5.28. The van der Waals surface area contributed by atoms with Gasteiger partial charge in [-0.05, 0) is 25.5 Å². The molecule has 0 spiro atoms. The molecule has 0 saturated carbocycles. The minimum Gasteiger partial charge on any atom is -0.368 e. The molecule has 0 fully saturated rings. The van der Waals surface area contributed by atoms with Crippen LogP contribution < -0.4 is 10.6 Å². The maximum Gasteiger partial charge on any atom is 0.274 e. The van der Waals surface area contributed by atoms with Crippen LogP contribution in [0.5, 0.6) is 0 Å². The van der Waals surface area contributed by atoms with Crippen molar-refractivity contribution in [3.05, 3.63) is 47.9 Å². The van der Waals surface area contributed by atoms with Crippen LogP contribution in [-0.2, 0) is 0 Å². The van der Waals surface area contributed by atoms with E-state index in [1.807, 2.05) is 13.8 Å². The van der Waals surface area contributed by atoms with E-state index in [1.165, 1.54) is 18.5 Å². The Morgan fingerprint density at radius 1 is 1.27 bits per heavy atom. The summed E-state index contributed by atoms with van der Waals surface area (Å²) in [5.74, 6) is -1.93. The Bertz CT molecular complexity index is 658. The topological polar surface area (TPSA) is 66.9 Å². The monoisotopic (exact) mass is 306 g/mol. The lowest BCUT2D eigenvalue weighted by Gasteiger charge is -2.12. The van der Waals surface area contributed by atoms with Gasteiger partial charge in [0, 0.05) is 12.1 Å². The van der Waals surface area contributed by atoms with Crippen LogP contribution in [0.3, 0.4) is 0 Å². The van der Waals surface area contributed by atoms with Crippen LogP contribution >= 0.6 is 0 Å². The average Bonchev–Trinajstić information content (AvgIpc) is 2.51. The fraction of sp³-hybridized carbons (Fsp3) is 0.267. The van der Waals surface area contributed by atoms with Gasteiger partial charge in [0.25, 0.3) is 5.91 Å². The number of hydrogen-bond donors (Lipinski definition) is 2. The van der Waals surface area contributed by atoms with Gasteiger partial charge in [0.1, 0.15) is 35.2 Å². The summed E-state index contributed by atoms with van der Waals surface area (Å²) in [5.41, 5.74) is -0.481. The van der Waals surface area contributed by atoms with Crippen LogP contribution in [0.25, 0.3) is 0 Å². The van der Waals surface area contributed by atoms with Crippen LogP contribution in [0.2, 0.25) is 0 Å². The fourth-order valence-electron chi connectivity index (χ4n) is 1.71. The smallest absolute Gasteiger partial charge is 0.274 e. The van der Waals surface area contributed by atoms with Crippen molar-refractivity contribution in [2.24, 2.45) is 0 Å². The quantitative estimate of drug-likeness (QED) is 0.890. The van der Waals surface area contributed by atoms with E-state index in [0.29, 0.717) is 5.82 Å². The molecule has 1 heterocycles. The Labute approximate surface area is 126 Å². The number of rotatable bonds is 5. The largest absolute Gasteiger partial charge is 0.368 e. The summed E-state index contributed by atoms with van der Waals surface area (Å²) >= 11 is 0. The average molecular weight is 306 g/mol. The number of para-hydroxylation sites is 1. The Kier molecular flexibility index (Phi) is 4.98. The van der Waals surface area contributed by atoms with E-state index < -0.39 is 23.2 Å². The highest BCUT2D eigenvalue weighted by Crippen LogP contribution is 2.19. The van der Waals surface area contributed by atoms with Gasteiger partial charge in [0.05, 0.1) is 0 Å². The zero-order valence-electron chi connectivity index (χ0n) is 12.2. The molecule has 1 unspecified atom stereocenters. The lowest BCUT2D eigenvalue weighted by atomic mass is 10.2. The number of aromatic nitrogens is 2. The standard InChI is InChI=1S/C15H16F2N4O/c1-3-9(2)20-13-7-12(18-8-19-13)15(22)21-14-10(16)5-4-6-11(14)17/h4-9H,3H2,1-2H3,(H,21,22)(H,18,19,20). The van der Waals surface area contributed by atoms with Crippen molar-refractivity contribution < 1.29 is 13.6 Å². The van der Waals surface area contributed by atoms with Crippen LogP contribution in [0.1, 0.15) is 30.8 Å². The van der Waals surface area contributed by atoms with E-state index in [1.54, 1.807) is 0 Å². The minimum atomic E-state index is -0.847. The third kappa shape index (κ3) is 3.75. The second-order valence-corrected chi connectivity index (χ2v) is 4.79. The van der Waals surface area contributed by atoms with Crippen molar-refractivity contribution in [3.8, 4) is 0 Å². The SMILES string of the molecule is CCC(C)Nc1cc(C(=O)Nc2c(F)cccc2F)ncn1. The molecule has 0 saturated heterocycles. The lowest BCUT2D eigenvalue weighted by molar-refractivity contribution is 0.102. The Hall–Kier alpha value is -2.57. The van der Waals surface area contributed by atoms with Crippen LogP contribution in [0.4, 0.5) is 20.3 Å². The molecular weight excluding hydrogens is 290 g/mol. The molecule has 1 amide bonds. The van der Waals surface area contributed by atoms with Gasteiger partial charge in [-0.1, -0.05) is 13.0 Å². The molecule has 0 radical (unpaired) electrons. The summed E-state index contributed by atoms with van der Waals surface area (Å²) in [6.07, 6.45) is 2.10. The van der Waals surface area contributed by atoms with Gasteiger partial charge >= 0.3 is 0 Å². The van der Waals surface area contributed by atoms with Crippen molar-refractivity contribution in [1.82, 2.24) is 9.97 Å². The number of nitrogens with zero attached hydrogens (tertiary/aromatic N) is 2. The molecule has 0 bridgehead atoms. The van der Waals surface area contributed by atoms with Gasteiger partial charge in [-0.3, -0.25) is 4.79 Å². The number of benzene rings is 1. The molecule has 1 aromatic heterocycles. The fourth-order valence-corrected chi connectivity index (χ4v) is 1.71. The summed E-state index contributed by atoms with van der Waals surface area (Å²) in [7, 11) is 0. The molecule has 116 valence electrons. The Morgan fingerprint density at radius 3 is 2.59 bits per heavy atom. The number of carbonyl (C=O) groups is 1. The molecule has 2 rings (SSSR count). The van der Waals surface area contributed by atoms with Crippen LogP contribution in [-0.4, -0.2) is 21.9 Å². The first kappa shape index (κ1) is 15.8. The predicted molar refractivity (Wildman–Crippen MR) is 79.7 cm³/mol. The van der Waals surface area contributed by atoms with Crippen LogP contribution in [0.15, 0.2) is 30.6 Å². The normalized spacial score (nSPS) is 11.8. The third-order valence-electron chi connectivity index (χ3n) is 3.11. The molecule has 2 aromatic rings. The number of hydrogen-bond acceptors (Lipinski definition) is 4. The first-order valence-corrected chi connectivity index (χ1v) is 6.85. The number of anilines is 2. The van der Waals surface area contributed by atoms with E-state index in [0.717, 1.165) is 18.6 Å². The van der Waals surface area contributed by atoms with E-state index in [2.05, 4.69) is 20.6 Å². The number of amides is 1. The summed E-state index contributed by atoms with van der Waals surface area (Å²) < 4.78 is 27.0. The zero-order chi connectivity index (χ0) is 16.1. The van der Waals surface area contributed by atoms with Gasteiger partial charge in [-0.25, -0.2) is 18.7 Å². The zero-order valence-corrected chi connectivity index (χ0v) is 12.2. The molecule has 22 heavy (non-hydrogen) atoms. The van der Waals surface area contributed by atoms with Crippen LogP contribution in [0, 0.1) is 11.6 Å². The molecule has 1 aromatic carbocycles. The molecule has 0 aliphatic carbocycles. The van der Waals surface area contributed by atoms with Gasteiger partial charge in [-0.2, -0.15) is 0 Å². The second kappa shape index (κ2) is 6.93. The lowest BCUT2D eigenvalue weighted by Crippen LogP contribution is -2.18. The molecule has 2 N–H and O–H groups in total. The first-order valence-electron chi connectivity index (χ1n) is 6.85. The van der Waals surface area contributed by atoms with Gasteiger partial charge in [0.15, 0.2) is 0 Å². The number of halogens is 2. The van der Waals surface area contributed by atoms with E-state index >= 15 is 0 Å². The van der Waals surface area contributed by atoms with Crippen molar-refractivity contribution in [1.29, 1.82) is 0 Å². The number of carbonyl (C=O) groups excluding carboxylic acids is 1. The maximum absolute atomic E-state index is 13.5. The molecule has 0 aliphatic heterocycles. The first-order chi connectivity index (χ1) is 10.5. The van der Waals surface area contributed by atoms with Crippen molar-refractivity contribution >= 4 is 17.4 Å². The van der Waals surface area contributed by atoms with E-state index in [4.69, 9.17) is 0 Å². The highest BCUT2D eigenvalue weighted by Gasteiger charge is 2.15. The number of nitrogens with one attached hydrogen (secondary N) is 2. The third-order valence-corrected chi connectivity index (χ3v) is 3.11. The van der Waals surface area contributed by atoms with E-state index in [-0.39, 0.29) is 11.7 Å². The van der Waals surface area contributed by atoms with Crippen molar-refractivity contribution in [2.75, 3.05) is 10.6 Å². The molecule has 0 aliphatic rings. The van der Waals surface area contributed by atoms with Crippen molar-refractivity contribution in [3.63, 3.8) is 0 Å². The minimum absolute atomic E-state index is 0.0171. The Balaban J connectivity index is 2.18. The molecule has 5 nitrogen and oxygen atoms in total. The Morgan fingerprint density at radius 2 is 1.95 bits per heavy atom. The second-order valence-electron chi connectivity index (χ2n) is 4.79. The van der Waals surface area contributed by atoms with Crippen molar-refractivity contribution in [2.45, 2.75) is 26.3 Å². The predicted octanol–water partition coefficient (Wildman–Crippen LogP) is 3.22. The summed E-state index contributed by atoms with van der Waals surface area (Å²) in [6.45, 7) is 3.98. The van der Waals surface area contributed by atoms with E-state index in [9.17, 15) is 13.6 Å². The van der Waals surface area contributed by atoms with Gasteiger partial charge in [-0.15, -0.1) is 0 Å². The molecule has 1 atom stereocenters. The van der Waals surface area contributed by atoms with Gasteiger partial charge in [0.2, 0.25) is 0 Å². The summed E-state index contributed by atoms with van der Waals surface area (Å²) in [4.78, 5) is 19.9. The highest BCUT2D eigenvalue weighted by molar-refractivity contribution is 6.03.